The number of hydrogen-bond acceptors (Lipinski definition) is 6. The highest BCUT2D eigenvalue weighted by Crippen LogP contribution is 2.39. The number of carbonyl (C=O) groups excluding carboxylic acids is 1. The molecule has 9 heteroatoms. The summed E-state index contributed by atoms with van der Waals surface area (Å²) < 4.78 is 18.2. The maximum absolute atomic E-state index is 13.2. The average Bonchev–Trinajstić information content (AvgIpc) is 3.59. The molecule has 0 saturated carbocycles. The third kappa shape index (κ3) is 6.31. The second kappa shape index (κ2) is 13.0. The maximum atomic E-state index is 13.2. The minimum atomic E-state index is -2.04. The lowest BCUT2D eigenvalue weighted by Gasteiger charge is -2.36. The number of aromatic nitrogens is 3. The number of benzene rings is 3. The number of nitrogens with one attached hydrogen (secondary N) is 2. The molecule has 44 heavy (non-hydrogen) atoms. The van der Waals surface area contributed by atoms with Crippen molar-refractivity contribution in [2.24, 2.45) is 0 Å². The van der Waals surface area contributed by atoms with Crippen LogP contribution >= 0.6 is 0 Å². The molecule has 2 aromatic heterocycles. The monoisotopic (exact) mass is 613 g/mol. The molecule has 3 aromatic carbocycles. The van der Waals surface area contributed by atoms with Gasteiger partial charge in [-0.05, 0) is 54.9 Å². The quantitative estimate of drug-likeness (QED) is 0.0749. The fraction of sp³-hybridized carbons (Fsp3) is 0.371. The lowest BCUT2D eigenvalue weighted by Crippen LogP contribution is -2.40. The molecule has 0 spiro atoms. The third-order valence-corrected chi connectivity index (χ3v) is 13.2. The Morgan fingerprint density at radius 1 is 1.00 bits per heavy atom. The number of hydrogen-bond donors (Lipinski definition) is 3. The zero-order chi connectivity index (χ0) is 31.5. The molecule has 5 rings (SSSR count). The lowest BCUT2D eigenvalue weighted by molar-refractivity contribution is 0.0519. The van der Waals surface area contributed by atoms with Crippen LogP contribution in [0.15, 0.2) is 60.7 Å². The van der Waals surface area contributed by atoms with E-state index in [9.17, 15) is 9.90 Å². The van der Waals surface area contributed by atoms with Crippen molar-refractivity contribution in [3.8, 4) is 16.9 Å². The van der Waals surface area contributed by atoms with Crippen molar-refractivity contribution in [2.75, 3.05) is 13.2 Å². The maximum Gasteiger partial charge on any atom is 0.355 e. The molecule has 0 aliphatic carbocycles. The van der Waals surface area contributed by atoms with Crippen LogP contribution < -0.4 is 4.74 Å². The molecule has 2 heterocycles. The number of esters is 1. The van der Waals surface area contributed by atoms with Crippen molar-refractivity contribution in [3.05, 3.63) is 83.3 Å². The predicted molar refractivity (Wildman–Crippen MR) is 178 cm³/mol. The van der Waals surface area contributed by atoms with E-state index in [-0.39, 0.29) is 18.3 Å². The zero-order valence-electron chi connectivity index (χ0n) is 26.5. The molecule has 0 bridgehead atoms. The van der Waals surface area contributed by atoms with Crippen molar-refractivity contribution in [1.82, 2.24) is 15.2 Å². The van der Waals surface area contributed by atoms with Gasteiger partial charge in [0.15, 0.2) is 8.32 Å². The number of aliphatic hydroxyl groups is 1. The van der Waals surface area contributed by atoms with Gasteiger partial charge in [0.2, 0.25) is 0 Å². The summed E-state index contributed by atoms with van der Waals surface area (Å²) in [6.45, 7) is 13.7. The van der Waals surface area contributed by atoms with Crippen molar-refractivity contribution >= 4 is 36.0 Å². The molecule has 0 aliphatic rings. The van der Waals surface area contributed by atoms with Gasteiger partial charge < -0.3 is 24.0 Å². The van der Waals surface area contributed by atoms with Crippen molar-refractivity contribution < 1.29 is 23.8 Å². The van der Waals surface area contributed by atoms with Crippen LogP contribution in [0.2, 0.25) is 18.1 Å². The number of para-hydroxylation sites is 1. The second-order valence-corrected chi connectivity index (χ2v) is 17.4. The first-order chi connectivity index (χ1) is 21.1. The van der Waals surface area contributed by atoms with Crippen molar-refractivity contribution in [2.45, 2.75) is 71.9 Å². The molecule has 0 saturated heterocycles. The van der Waals surface area contributed by atoms with E-state index in [2.05, 4.69) is 67.2 Å². The Morgan fingerprint density at radius 2 is 1.73 bits per heavy atom. The molecule has 0 aliphatic heterocycles. The molecule has 8 nitrogen and oxygen atoms in total. The van der Waals surface area contributed by atoms with Crippen LogP contribution in [0, 0.1) is 0 Å². The summed E-state index contributed by atoms with van der Waals surface area (Å²) in [5, 5.41) is 21.0. The van der Waals surface area contributed by atoms with E-state index < -0.39 is 14.3 Å². The van der Waals surface area contributed by atoms with Gasteiger partial charge in [0, 0.05) is 21.9 Å². The smallest absolute Gasteiger partial charge is 0.355 e. The number of aryl methyl sites for hydroxylation is 1. The van der Waals surface area contributed by atoms with Crippen LogP contribution in [0.5, 0.6) is 5.75 Å². The van der Waals surface area contributed by atoms with E-state index in [1.165, 1.54) is 0 Å². The van der Waals surface area contributed by atoms with Crippen LogP contribution in [-0.2, 0) is 28.8 Å². The number of carbonyl (C=O) groups is 1. The van der Waals surface area contributed by atoms with Gasteiger partial charge in [-0.1, -0.05) is 75.4 Å². The number of H-pyrrole nitrogens is 2. The Hall–Kier alpha value is -3.92. The fourth-order valence-corrected chi connectivity index (χ4v) is 6.24. The Kier molecular flexibility index (Phi) is 9.29. The molecule has 0 fully saturated rings. The van der Waals surface area contributed by atoms with Crippen LogP contribution in [0.4, 0.5) is 0 Å². The van der Waals surface area contributed by atoms with Crippen LogP contribution in [0.3, 0.4) is 0 Å². The molecule has 0 amide bonds. The molecule has 0 unspecified atom stereocenters. The van der Waals surface area contributed by atoms with Crippen LogP contribution in [0.25, 0.3) is 32.8 Å². The van der Waals surface area contributed by atoms with E-state index in [1.807, 2.05) is 42.5 Å². The van der Waals surface area contributed by atoms with Crippen molar-refractivity contribution in [3.63, 3.8) is 0 Å². The van der Waals surface area contributed by atoms with Gasteiger partial charge in [-0.2, -0.15) is 5.10 Å². The summed E-state index contributed by atoms with van der Waals surface area (Å²) in [4.78, 5) is 16.6. The Balaban J connectivity index is 1.47. The van der Waals surface area contributed by atoms with Crippen LogP contribution in [-0.4, -0.2) is 47.8 Å². The number of rotatable bonds is 12. The van der Waals surface area contributed by atoms with Gasteiger partial charge in [-0.25, -0.2) is 4.79 Å². The summed E-state index contributed by atoms with van der Waals surface area (Å²) in [6, 6.07) is 20.2. The van der Waals surface area contributed by atoms with Crippen LogP contribution in [0.1, 0.15) is 61.6 Å². The fourth-order valence-electron chi connectivity index (χ4n) is 5.30. The van der Waals surface area contributed by atoms with Gasteiger partial charge in [0.05, 0.1) is 43.3 Å². The van der Waals surface area contributed by atoms with Gasteiger partial charge in [0.1, 0.15) is 11.4 Å². The number of nitrogens with zero attached hydrogens (tertiary/aromatic N) is 1. The highest BCUT2D eigenvalue weighted by Gasteiger charge is 2.37. The Morgan fingerprint density at radius 3 is 2.48 bits per heavy atom. The summed E-state index contributed by atoms with van der Waals surface area (Å²) in [6.07, 6.45) is 1.31. The number of ether oxygens (including phenoxy) is 2. The zero-order valence-corrected chi connectivity index (χ0v) is 27.5. The van der Waals surface area contributed by atoms with Gasteiger partial charge in [-0.3, -0.25) is 5.10 Å². The third-order valence-electron chi connectivity index (χ3n) is 8.72. The van der Waals surface area contributed by atoms with E-state index in [0.29, 0.717) is 37.4 Å². The van der Waals surface area contributed by atoms with E-state index in [4.69, 9.17) is 13.9 Å². The summed E-state index contributed by atoms with van der Waals surface area (Å²) in [5.41, 5.74) is 5.08. The van der Waals surface area contributed by atoms with E-state index in [0.717, 1.165) is 49.8 Å². The first-order valence-corrected chi connectivity index (χ1v) is 18.2. The predicted octanol–water partition coefficient (Wildman–Crippen LogP) is 7.91. The Bertz CT molecular complexity index is 1760. The average molecular weight is 614 g/mol. The van der Waals surface area contributed by atoms with Gasteiger partial charge in [-0.15, -0.1) is 0 Å². The number of aliphatic hydroxyl groups excluding tert-OH is 1. The first kappa shape index (κ1) is 31.5. The lowest BCUT2D eigenvalue weighted by atomic mass is 9.98. The highest BCUT2D eigenvalue weighted by atomic mass is 28.4. The second-order valence-electron chi connectivity index (χ2n) is 12.6. The molecular formula is C35H43N3O5Si. The molecule has 0 atom stereocenters. The highest BCUT2D eigenvalue weighted by molar-refractivity contribution is 6.74. The summed E-state index contributed by atoms with van der Waals surface area (Å²) in [5.74, 6) is 0.453. The van der Waals surface area contributed by atoms with E-state index >= 15 is 0 Å². The molecule has 232 valence electrons. The summed E-state index contributed by atoms with van der Waals surface area (Å²) >= 11 is 0. The largest absolute Gasteiger partial charge is 0.493 e. The van der Waals surface area contributed by atoms with Crippen molar-refractivity contribution in [1.29, 1.82) is 0 Å². The molecule has 5 aromatic rings. The topological polar surface area (TPSA) is 109 Å². The number of fused-ring (bicyclic) bond motifs is 2. The molecular weight excluding hydrogens is 570 g/mol. The molecule has 3 N–H and O–H groups in total. The standard InChI is InChI=1S/C35H43N3O5Si/c1-7-41-34(40)33-26(18-12-20-42-30-19-10-14-23-13-8-9-15-24(23)30)25-16-11-17-27(32(25)36-33)31-28(21-39)37-38-29(31)22-43-44(5,6)35(2,3)4/h8-11,13-17,19,36,39H,7,12,18,20-22H2,1-6H3,(H,37,38). The number of aromatic amines is 2. The normalized spacial score (nSPS) is 12.2. The Labute approximate surface area is 259 Å². The van der Waals surface area contributed by atoms with Gasteiger partial charge >= 0.3 is 5.97 Å². The molecule has 0 radical (unpaired) electrons. The first-order valence-electron chi connectivity index (χ1n) is 15.3. The summed E-state index contributed by atoms with van der Waals surface area (Å²) in [7, 11) is -2.04. The minimum Gasteiger partial charge on any atom is -0.493 e. The van der Waals surface area contributed by atoms with E-state index in [1.54, 1.807) is 6.92 Å². The SMILES string of the molecule is CCOC(=O)c1[nH]c2c(-c3c(CO)n[nH]c3CO[Si](C)(C)C(C)(C)C)cccc2c1CCCOc1cccc2ccccc12. The minimum absolute atomic E-state index is 0.0488. The van der Waals surface area contributed by atoms with Gasteiger partial charge in [0.25, 0.3) is 0 Å².